The number of benzene rings is 1. The average molecular weight is 219 g/mol. The van der Waals surface area contributed by atoms with E-state index < -0.39 is 0 Å². The fourth-order valence-electron chi connectivity index (χ4n) is 0.840. The highest BCUT2D eigenvalue weighted by molar-refractivity contribution is 7.99. The summed E-state index contributed by atoms with van der Waals surface area (Å²) in [6, 6.07) is 6.64. The Labute approximate surface area is 87.5 Å². The molecule has 0 saturated heterocycles. The van der Waals surface area contributed by atoms with Crippen molar-refractivity contribution in [1.82, 2.24) is 0 Å². The van der Waals surface area contributed by atoms with Gasteiger partial charge in [0.1, 0.15) is 5.82 Å². The number of hydrogen-bond acceptors (Lipinski definition) is 1. The summed E-state index contributed by atoms with van der Waals surface area (Å²) < 4.78 is 12.7. The van der Waals surface area contributed by atoms with Crippen molar-refractivity contribution in [3.63, 3.8) is 0 Å². The molecular formula is C10H12ClFS. The average Bonchev–Trinajstić information content (AvgIpc) is 2.14. The Bertz CT molecular complexity index is 265. The minimum absolute atomic E-state index is 0.177. The van der Waals surface area contributed by atoms with Crippen molar-refractivity contribution in [3.05, 3.63) is 30.1 Å². The first-order valence-corrected chi connectivity index (χ1v) is 5.68. The van der Waals surface area contributed by atoms with Gasteiger partial charge in [-0.25, -0.2) is 4.39 Å². The van der Waals surface area contributed by atoms with Crippen molar-refractivity contribution in [2.45, 2.75) is 11.8 Å². The van der Waals surface area contributed by atoms with Crippen LogP contribution in [-0.2, 0) is 0 Å². The fraction of sp³-hybridized carbons (Fsp3) is 0.400. The number of halogens is 2. The molecule has 1 atom stereocenters. The van der Waals surface area contributed by atoms with Crippen molar-refractivity contribution < 1.29 is 4.39 Å². The van der Waals surface area contributed by atoms with Crippen molar-refractivity contribution in [3.8, 4) is 0 Å². The van der Waals surface area contributed by atoms with Gasteiger partial charge in [0.05, 0.1) is 0 Å². The molecule has 1 rings (SSSR count). The van der Waals surface area contributed by atoms with Gasteiger partial charge in [0.2, 0.25) is 0 Å². The molecule has 13 heavy (non-hydrogen) atoms. The molecule has 0 fully saturated rings. The lowest BCUT2D eigenvalue weighted by Gasteiger charge is -2.06. The highest BCUT2D eigenvalue weighted by atomic mass is 35.5. The molecular weight excluding hydrogens is 207 g/mol. The maximum atomic E-state index is 12.7. The second kappa shape index (κ2) is 5.51. The van der Waals surface area contributed by atoms with Gasteiger partial charge in [-0.3, -0.25) is 0 Å². The zero-order chi connectivity index (χ0) is 9.68. The van der Waals surface area contributed by atoms with E-state index in [2.05, 4.69) is 6.92 Å². The molecule has 0 nitrogen and oxygen atoms in total. The third-order valence-electron chi connectivity index (χ3n) is 1.59. The molecule has 1 unspecified atom stereocenters. The first kappa shape index (κ1) is 10.9. The van der Waals surface area contributed by atoms with Crippen molar-refractivity contribution in [2.75, 3.05) is 11.6 Å². The van der Waals surface area contributed by atoms with Crippen LogP contribution in [0.3, 0.4) is 0 Å². The minimum Gasteiger partial charge on any atom is -0.207 e. The SMILES string of the molecule is CC(CCl)CSc1cccc(F)c1. The summed E-state index contributed by atoms with van der Waals surface area (Å²) in [5, 5.41) is 0. The monoisotopic (exact) mass is 218 g/mol. The Morgan fingerprint density at radius 2 is 2.31 bits per heavy atom. The fourth-order valence-corrected chi connectivity index (χ4v) is 2.04. The Balaban J connectivity index is 2.45. The van der Waals surface area contributed by atoms with Gasteiger partial charge in [0.25, 0.3) is 0 Å². The number of alkyl halides is 1. The van der Waals surface area contributed by atoms with Crippen LogP contribution in [0.4, 0.5) is 4.39 Å². The molecule has 0 aromatic heterocycles. The van der Waals surface area contributed by atoms with Crippen molar-refractivity contribution >= 4 is 23.4 Å². The van der Waals surface area contributed by atoms with Gasteiger partial charge >= 0.3 is 0 Å². The second-order valence-electron chi connectivity index (χ2n) is 3.03. The molecule has 0 aliphatic carbocycles. The zero-order valence-corrected chi connectivity index (χ0v) is 9.04. The summed E-state index contributed by atoms with van der Waals surface area (Å²) in [7, 11) is 0. The molecule has 72 valence electrons. The smallest absolute Gasteiger partial charge is 0.124 e. The van der Waals surface area contributed by atoms with E-state index in [4.69, 9.17) is 11.6 Å². The van der Waals surface area contributed by atoms with E-state index in [0.717, 1.165) is 10.6 Å². The van der Waals surface area contributed by atoms with Crippen LogP contribution in [0, 0.1) is 11.7 Å². The largest absolute Gasteiger partial charge is 0.207 e. The molecule has 1 aromatic rings. The maximum absolute atomic E-state index is 12.7. The van der Waals surface area contributed by atoms with Gasteiger partial charge in [-0.05, 0) is 24.1 Å². The van der Waals surface area contributed by atoms with E-state index in [-0.39, 0.29) is 5.82 Å². The van der Waals surface area contributed by atoms with E-state index in [0.29, 0.717) is 11.8 Å². The number of thioether (sulfide) groups is 1. The number of rotatable bonds is 4. The highest BCUT2D eigenvalue weighted by Gasteiger charge is 2.01. The van der Waals surface area contributed by atoms with Gasteiger partial charge in [0, 0.05) is 16.5 Å². The third kappa shape index (κ3) is 4.01. The second-order valence-corrected chi connectivity index (χ2v) is 4.43. The van der Waals surface area contributed by atoms with Crippen LogP contribution in [0.2, 0.25) is 0 Å². The molecule has 0 bridgehead atoms. The summed E-state index contributed by atoms with van der Waals surface area (Å²) in [5.74, 6) is 1.88. The molecule has 0 spiro atoms. The van der Waals surface area contributed by atoms with Crippen molar-refractivity contribution in [1.29, 1.82) is 0 Å². The lowest BCUT2D eigenvalue weighted by molar-refractivity contribution is 0.624. The van der Waals surface area contributed by atoms with Crippen LogP contribution >= 0.6 is 23.4 Å². The lowest BCUT2D eigenvalue weighted by Crippen LogP contribution is -1.98. The van der Waals surface area contributed by atoms with Gasteiger partial charge in [-0.15, -0.1) is 23.4 Å². The van der Waals surface area contributed by atoms with E-state index >= 15 is 0 Å². The highest BCUT2D eigenvalue weighted by Crippen LogP contribution is 2.21. The Kier molecular flexibility index (Phi) is 4.60. The number of hydrogen-bond donors (Lipinski definition) is 0. The normalized spacial score (nSPS) is 12.8. The minimum atomic E-state index is -0.177. The van der Waals surface area contributed by atoms with Gasteiger partial charge in [0.15, 0.2) is 0 Å². The van der Waals surface area contributed by atoms with E-state index in [1.54, 1.807) is 23.9 Å². The van der Waals surface area contributed by atoms with Crippen LogP contribution in [-0.4, -0.2) is 11.6 Å². The molecule has 0 amide bonds. The summed E-state index contributed by atoms with van der Waals surface area (Å²) in [4.78, 5) is 0.969. The maximum Gasteiger partial charge on any atom is 0.124 e. The summed E-state index contributed by atoms with van der Waals surface area (Å²) >= 11 is 7.30. The first-order valence-electron chi connectivity index (χ1n) is 4.16. The molecule has 0 aliphatic rings. The van der Waals surface area contributed by atoms with E-state index in [1.165, 1.54) is 6.07 Å². The summed E-state index contributed by atoms with van der Waals surface area (Å²) in [6.45, 7) is 2.08. The summed E-state index contributed by atoms with van der Waals surface area (Å²) in [6.07, 6.45) is 0. The van der Waals surface area contributed by atoms with Crippen LogP contribution in [0.25, 0.3) is 0 Å². The molecule has 0 radical (unpaired) electrons. The van der Waals surface area contributed by atoms with Crippen LogP contribution < -0.4 is 0 Å². The first-order chi connectivity index (χ1) is 6.22. The Morgan fingerprint density at radius 3 is 2.92 bits per heavy atom. The van der Waals surface area contributed by atoms with Gasteiger partial charge in [-0.1, -0.05) is 13.0 Å². The third-order valence-corrected chi connectivity index (χ3v) is 3.44. The standard InChI is InChI=1S/C10H12ClFS/c1-8(6-11)7-13-10-4-2-3-9(12)5-10/h2-5,8H,6-7H2,1H3. The lowest BCUT2D eigenvalue weighted by atomic mass is 10.3. The Morgan fingerprint density at radius 1 is 1.54 bits per heavy atom. The molecule has 0 heterocycles. The van der Waals surface area contributed by atoms with E-state index in [9.17, 15) is 4.39 Å². The molecule has 3 heteroatoms. The van der Waals surface area contributed by atoms with Crippen LogP contribution in [0.1, 0.15) is 6.92 Å². The zero-order valence-electron chi connectivity index (χ0n) is 7.47. The predicted molar refractivity (Wildman–Crippen MR) is 57.0 cm³/mol. The van der Waals surface area contributed by atoms with Crippen LogP contribution in [0.15, 0.2) is 29.2 Å². The predicted octanol–water partition coefficient (Wildman–Crippen LogP) is 3.79. The van der Waals surface area contributed by atoms with E-state index in [1.807, 2.05) is 6.07 Å². The molecule has 0 N–H and O–H groups in total. The van der Waals surface area contributed by atoms with Gasteiger partial charge < -0.3 is 0 Å². The van der Waals surface area contributed by atoms with Crippen molar-refractivity contribution in [2.24, 2.45) is 5.92 Å². The summed E-state index contributed by atoms with van der Waals surface area (Å²) in [5.41, 5.74) is 0. The quantitative estimate of drug-likeness (QED) is 0.547. The van der Waals surface area contributed by atoms with Crippen LogP contribution in [0.5, 0.6) is 0 Å². The molecule has 1 aromatic carbocycles. The Hall–Kier alpha value is -0.210. The topological polar surface area (TPSA) is 0 Å². The van der Waals surface area contributed by atoms with Gasteiger partial charge in [-0.2, -0.15) is 0 Å². The molecule has 0 aliphatic heterocycles. The molecule has 0 saturated carbocycles.